The minimum Gasteiger partial charge on any atom is -0.490 e. The summed E-state index contributed by atoms with van der Waals surface area (Å²) in [4.78, 5) is 0. The topological polar surface area (TPSA) is 64.7 Å². The molecule has 0 spiro atoms. The molecule has 0 aliphatic heterocycles. The summed E-state index contributed by atoms with van der Waals surface area (Å²) < 4.78 is 11.5. The molecule has 0 bridgehead atoms. The fraction of sp³-hybridized carbons (Fsp3) is 0.647. The molecular formula is C17H27NO3. The number of para-hydroxylation sites is 2. The van der Waals surface area contributed by atoms with Crippen molar-refractivity contribution in [2.45, 2.75) is 44.6 Å². The van der Waals surface area contributed by atoms with Crippen LogP contribution in [0.2, 0.25) is 0 Å². The second kappa shape index (κ2) is 7.66. The zero-order valence-electron chi connectivity index (χ0n) is 12.9. The van der Waals surface area contributed by atoms with Gasteiger partial charge in [0.05, 0.1) is 18.8 Å². The van der Waals surface area contributed by atoms with E-state index in [1.54, 1.807) is 0 Å². The molecule has 3 N–H and O–H groups in total. The van der Waals surface area contributed by atoms with Crippen molar-refractivity contribution < 1.29 is 14.6 Å². The highest BCUT2D eigenvalue weighted by atomic mass is 16.5. The van der Waals surface area contributed by atoms with Crippen molar-refractivity contribution in [3.05, 3.63) is 24.3 Å². The molecule has 2 rings (SSSR count). The Bertz CT molecular complexity index is 438. The van der Waals surface area contributed by atoms with Gasteiger partial charge >= 0.3 is 0 Å². The summed E-state index contributed by atoms with van der Waals surface area (Å²) in [5.41, 5.74) is 5.02. The molecule has 1 aromatic carbocycles. The van der Waals surface area contributed by atoms with Crippen molar-refractivity contribution in [1.82, 2.24) is 0 Å². The second-order valence-corrected chi connectivity index (χ2v) is 5.83. The fourth-order valence-corrected chi connectivity index (χ4v) is 3.02. The Morgan fingerprint density at radius 3 is 2.52 bits per heavy atom. The van der Waals surface area contributed by atoms with Gasteiger partial charge in [-0.25, -0.2) is 0 Å². The lowest BCUT2D eigenvalue weighted by Crippen LogP contribution is -2.41. The van der Waals surface area contributed by atoms with E-state index in [2.05, 4.69) is 6.92 Å². The highest BCUT2D eigenvalue weighted by Gasteiger charge is 2.39. The van der Waals surface area contributed by atoms with Gasteiger partial charge in [0, 0.05) is 6.54 Å². The lowest BCUT2D eigenvalue weighted by molar-refractivity contribution is 0.00345. The molecule has 1 saturated carbocycles. The van der Waals surface area contributed by atoms with E-state index in [0.717, 1.165) is 43.6 Å². The van der Waals surface area contributed by atoms with Gasteiger partial charge in [-0.15, -0.1) is 0 Å². The van der Waals surface area contributed by atoms with Gasteiger partial charge in [0.25, 0.3) is 0 Å². The number of aliphatic hydroxyl groups is 1. The monoisotopic (exact) mass is 293 g/mol. The van der Waals surface area contributed by atoms with E-state index in [1.165, 1.54) is 0 Å². The van der Waals surface area contributed by atoms with Crippen LogP contribution in [0.15, 0.2) is 24.3 Å². The Balaban J connectivity index is 1.86. The quantitative estimate of drug-likeness (QED) is 0.773. The molecule has 1 aliphatic rings. The third-order valence-corrected chi connectivity index (χ3v) is 4.31. The second-order valence-electron chi connectivity index (χ2n) is 5.83. The van der Waals surface area contributed by atoms with Crippen LogP contribution in [-0.4, -0.2) is 30.5 Å². The summed E-state index contributed by atoms with van der Waals surface area (Å²) in [6, 6.07) is 7.74. The molecule has 2 unspecified atom stereocenters. The van der Waals surface area contributed by atoms with E-state index < -0.39 is 5.60 Å². The molecule has 21 heavy (non-hydrogen) atoms. The number of rotatable bonds is 8. The van der Waals surface area contributed by atoms with Gasteiger partial charge in [-0.05, 0) is 43.7 Å². The third kappa shape index (κ3) is 4.11. The van der Waals surface area contributed by atoms with Crippen LogP contribution in [0.1, 0.15) is 39.0 Å². The first-order valence-corrected chi connectivity index (χ1v) is 7.96. The Morgan fingerprint density at radius 1 is 1.24 bits per heavy atom. The molecule has 0 aromatic heterocycles. The fourth-order valence-electron chi connectivity index (χ4n) is 3.02. The van der Waals surface area contributed by atoms with Gasteiger partial charge in [-0.2, -0.15) is 0 Å². The first kappa shape index (κ1) is 16.1. The molecule has 0 amide bonds. The highest BCUT2D eigenvalue weighted by Crippen LogP contribution is 2.37. The Morgan fingerprint density at radius 2 is 1.90 bits per heavy atom. The van der Waals surface area contributed by atoms with Gasteiger partial charge < -0.3 is 20.3 Å². The smallest absolute Gasteiger partial charge is 0.161 e. The minimum atomic E-state index is -0.693. The summed E-state index contributed by atoms with van der Waals surface area (Å²) >= 11 is 0. The molecule has 1 fully saturated rings. The van der Waals surface area contributed by atoms with E-state index in [-0.39, 0.29) is 5.92 Å². The normalized spacial score (nSPS) is 25.0. The number of ether oxygens (including phenoxy) is 2. The van der Waals surface area contributed by atoms with Crippen LogP contribution in [0.4, 0.5) is 0 Å². The highest BCUT2D eigenvalue weighted by molar-refractivity contribution is 5.39. The SMILES string of the molecule is CCCOc1ccccc1OCCC1CCCC1(O)CN. The van der Waals surface area contributed by atoms with Gasteiger partial charge in [0.15, 0.2) is 11.5 Å². The van der Waals surface area contributed by atoms with E-state index in [9.17, 15) is 5.11 Å². The lowest BCUT2D eigenvalue weighted by Gasteiger charge is -2.28. The first-order chi connectivity index (χ1) is 10.2. The zero-order chi connectivity index (χ0) is 15.1. The van der Waals surface area contributed by atoms with Crippen molar-refractivity contribution in [1.29, 1.82) is 0 Å². The van der Waals surface area contributed by atoms with E-state index in [0.29, 0.717) is 19.8 Å². The van der Waals surface area contributed by atoms with Gasteiger partial charge in [0.1, 0.15) is 0 Å². The van der Waals surface area contributed by atoms with Crippen molar-refractivity contribution in [2.75, 3.05) is 19.8 Å². The zero-order valence-corrected chi connectivity index (χ0v) is 12.9. The molecule has 0 heterocycles. The van der Waals surface area contributed by atoms with Gasteiger partial charge in [-0.1, -0.05) is 25.5 Å². The Hall–Kier alpha value is -1.26. The van der Waals surface area contributed by atoms with Crippen LogP contribution in [0.3, 0.4) is 0 Å². The van der Waals surface area contributed by atoms with Crippen molar-refractivity contribution in [3.63, 3.8) is 0 Å². The van der Waals surface area contributed by atoms with Gasteiger partial charge in [-0.3, -0.25) is 0 Å². The van der Waals surface area contributed by atoms with Crippen LogP contribution >= 0.6 is 0 Å². The summed E-state index contributed by atoms with van der Waals surface area (Å²) in [6.45, 7) is 3.69. The molecule has 4 heteroatoms. The van der Waals surface area contributed by atoms with Crippen LogP contribution in [0, 0.1) is 5.92 Å². The third-order valence-electron chi connectivity index (χ3n) is 4.31. The molecular weight excluding hydrogens is 266 g/mol. The largest absolute Gasteiger partial charge is 0.490 e. The Labute approximate surface area is 127 Å². The first-order valence-electron chi connectivity index (χ1n) is 7.96. The van der Waals surface area contributed by atoms with Crippen molar-refractivity contribution in [3.8, 4) is 11.5 Å². The summed E-state index contributed by atoms with van der Waals surface area (Å²) in [6.07, 6.45) is 4.69. The summed E-state index contributed by atoms with van der Waals surface area (Å²) in [7, 11) is 0. The van der Waals surface area contributed by atoms with Crippen molar-refractivity contribution >= 4 is 0 Å². The maximum atomic E-state index is 10.4. The predicted molar refractivity (Wildman–Crippen MR) is 83.7 cm³/mol. The molecule has 1 aromatic rings. The molecule has 0 radical (unpaired) electrons. The summed E-state index contributed by atoms with van der Waals surface area (Å²) in [5.74, 6) is 1.81. The number of hydrogen-bond acceptors (Lipinski definition) is 4. The van der Waals surface area contributed by atoms with Crippen LogP contribution in [-0.2, 0) is 0 Å². The standard InChI is InChI=1S/C17H27NO3/c1-2-11-20-15-7-3-4-8-16(15)21-12-9-14-6-5-10-17(14,19)13-18/h3-4,7-8,14,19H,2,5-6,9-13,18H2,1H3. The average Bonchev–Trinajstić information content (AvgIpc) is 2.88. The van der Waals surface area contributed by atoms with E-state index in [4.69, 9.17) is 15.2 Å². The number of benzene rings is 1. The van der Waals surface area contributed by atoms with E-state index >= 15 is 0 Å². The molecule has 4 nitrogen and oxygen atoms in total. The van der Waals surface area contributed by atoms with Crippen LogP contribution < -0.4 is 15.2 Å². The molecule has 0 saturated heterocycles. The molecule has 2 atom stereocenters. The number of nitrogens with two attached hydrogens (primary N) is 1. The average molecular weight is 293 g/mol. The number of hydrogen-bond donors (Lipinski definition) is 2. The predicted octanol–water partition coefficient (Wildman–Crippen LogP) is 2.73. The van der Waals surface area contributed by atoms with Gasteiger partial charge in [0.2, 0.25) is 0 Å². The molecule has 118 valence electrons. The maximum absolute atomic E-state index is 10.4. The lowest BCUT2D eigenvalue weighted by atomic mass is 9.88. The Kier molecular flexibility index (Phi) is 5.88. The van der Waals surface area contributed by atoms with Crippen LogP contribution in [0.5, 0.6) is 11.5 Å². The maximum Gasteiger partial charge on any atom is 0.161 e. The minimum absolute atomic E-state index is 0.242. The van der Waals surface area contributed by atoms with Crippen LogP contribution in [0.25, 0.3) is 0 Å². The summed E-state index contributed by atoms with van der Waals surface area (Å²) in [5, 5.41) is 10.4. The molecule has 1 aliphatic carbocycles. The van der Waals surface area contributed by atoms with E-state index in [1.807, 2.05) is 24.3 Å². The van der Waals surface area contributed by atoms with Crippen molar-refractivity contribution in [2.24, 2.45) is 11.7 Å².